The van der Waals surface area contributed by atoms with E-state index in [-0.39, 0.29) is 5.56 Å². The van der Waals surface area contributed by atoms with Crippen molar-refractivity contribution in [2.24, 2.45) is 12.0 Å². The van der Waals surface area contributed by atoms with Crippen molar-refractivity contribution in [1.82, 2.24) is 9.88 Å². The molecule has 2 heterocycles. The first-order valence-electron chi connectivity index (χ1n) is 10.7. The molecule has 5 rings (SSSR count). The van der Waals surface area contributed by atoms with Crippen LogP contribution in [0, 0.1) is 5.82 Å². The van der Waals surface area contributed by atoms with Crippen molar-refractivity contribution < 1.29 is 14.0 Å². The lowest BCUT2D eigenvalue weighted by atomic mass is 10.00. The molecule has 0 aliphatic carbocycles. The molecule has 0 saturated heterocycles. The van der Waals surface area contributed by atoms with Crippen LogP contribution in [0.15, 0.2) is 84.0 Å². The van der Waals surface area contributed by atoms with Gasteiger partial charge in [0.15, 0.2) is 0 Å². The number of nitrogens with one attached hydrogen (secondary N) is 2. The van der Waals surface area contributed by atoms with Crippen molar-refractivity contribution in [2.45, 2.75) is 6.17 Å². The Morgan fingerprint density at radius 3 is 2.50 bits per heavy atom. The maximum Gasteiger partial charge on any atom is 0.321 e. The van der Waals surface area contributed by atoms with Gasteiger partial charge < -0.3 is 20.1 Å². The van der Waals surface area contributed by atoms with Crippen molar-refractivity contribution >= 4 is 39.9 Å². The maximum atomic E-state index is 14.7. The van der Waals surface area contributed by atoms with Gasteiger partial charge in [-0.2, -0.15) is 0 Å². The number of fused-ring (bicyclic) bond motifs is 2. The van der Waals surface area contributed by atoms with E-state index in [1.807, 2.05) is 36.0 Å². The fourth-order valence-electron chi connectivity index (χ4n) is 4.13. The second-order valence-electron chi connectivity index (χ2n) is 8.07. The van der Waals surface area contributed by atoms with E-state index in [1.165, 1.54) is 11.0 Å². The zero-order chi connectivity index (χ0) is 23.8. The summed E-state index contributed by atoms with van der Waals surface area (Å²) in [6.07, 6.45) is 0.693. The highest BCUT2D eigenvalue weighted by Crippen LogP contribution is 2.28. The Morgan fingerprint density at radius 2 is 1.71 bits per heavy atom. The van der Waals surface area contributed by atoms with Crippen LogP contribution in [0.3, 0.4) is 0 Å². The Morgan fingerprint density at radius 1 is 0.971 bits per heavy atom. The third-order valence-corrected chi connectivity index (χ3v) is 5.88. The van der Waals surface area contributed by atoms with Crippen LogP contribution in [-0.4, -0.2) is 35.4 Å². The molecule has 3 aromatic carbocycles. The molecule has 2 N–H and O–H groups in total. The van der Waals surface area contributed by atoms with Crippen LogP contribution in [-0.2, 0) is 11.8 Å². The van der Waals surface area contributed by atoms with Gasteiger partial charge in [0.25, 0.3) is 5.91 Å². The van der Waals surface area contributed by atoms with E-state index in [0.717, 1.165) is 10.9 Å². The fourth-order valence-corrected chi connectivity index (χ4v) is 4.13. The van der Waals surface area contributed by atoms with Crippen molar-refractivity contribution in [3.05, 3.63) is 95.9 Å². The van der Waals surface area contributed by atoms with E-state index in [9.17, 15) is 14.0 Å². The van der Waals surface area contributed by atoms with Crippen LogP contribution in [0.1, 0.15) is 11.1 Å². The van der Waals surface area contributed by atoms with Gasteiger partial charge in [0.1, 0.15) is 5.82 Å². The molecule has 1 unspecified atom stereocenters. The standard InChI is InChI=1S/C26H22FN5O2/c1-31-14-13-16-15-17(11-12-21(16)31)28-26(34)30-24-25(33)32(2)22-10-6-4-8-19(22)23(29-24)18-7-3-5-9-20(18)27/h3-15,24H,1-2H3,(H2,28,30,34). The first-order valence-corrected chi connectivity index (χ1v) is 10.7. The molecule has 0 radical (unpaired) electrons. The van der Waals surface area contributed by atoms with Gasteiger partial charge in [-0.3, -0.25) is 4.79 Å². The highest BCUT2D eigenvalue weighted by atomic mass is 19.1. The predicted octanol–water partition coefficient (Wildman–Crippen LogP) is 4.28. The van der Waals surface area contributed by atoms with Gasteiger partial charge in [-0.25, -0.2) is 14.2 Å². The third kappa shape index (κ3) is 3.79. The number of aryl methyl sites for hydroxylation is 1. The molecule has 1 atom stereocenters. The number of nitrogens with zero attached hydrogens (tertiary/aromatic N) is 3. The molecule has 0 spiro atoms. The minimum Gasteiger partial charge on any atom is -0.351 e. The second-order valence-corrected chi connectivity index (χ2v) is 8.07. The van der Waals surface area contributed by atoms with E-state index < -0.39 is 23.9 Å². The number of hydrogen-bond acceptors (Lipinski definition) is 3. The van der Waals surface area contributed by atoms with Crippen LogP contribution in [0.25, 0.3) is 10.9 Å². The minimum atomic E-state index is -1.24. The summed E-state index contributed by atoms with van der Waals surface area (Å²) in [6.45, 7) is 0. The summed E-state index contributed by atoms with van der Waals surface area (Å²) in [6, 6.07) is 20.3. The number of carbonyl (C=O) groups excluding carboxylic acids is 2. The summed E-state index contributed by atoms with van der Waals surface area (Å²) < 4.78 is 16.7. The highest BCUT2D eigenvalue weighted by Gasteiger charge is 2.31. The lowest BCUT2D eigenvalue weighted by molar-refractivity contribution is -0.119. The molecule has 1 aliphatic heterocycles. The van der Waals surface area contributed by atoms with E-state index in [1.54, 1.807) is 55.6 Å². The predicted molar refractivity (Wildman–Crippen MR) is 131 cm³/mol. The normalized spacial score (nSPS) is 15.5. The summed E-state index contributed by atoms with van der Waals surface area (Å²) in [4.78, 5) is 32.0. The first-order chi connectivity index (χ1) is 16.4. The summed E-state index contributed by atoms with van der Waals surface area (Å²) in [5.74, 6) is -0.903. The zero-order valence-corrected chi connectivity index (χ0v) is 18.6. The minimum absolute atomic E-state index is 0.250. The number of rotatable bonds is 3. The summed E-state index contributed by atoms with van der Waals surface area (Å²) in [5.41, 5.74) is 3.33. The number of hydrogen-bond donors (Lipinski definition) is 2. The molecule has 170 valence electrons. The lowest BCUT2D eigenvalue weighted by Crippen LogP contribution is -2.47. The fraction of sp³-hybridized carbons (Fsp3) is 0.115. The van der Waals surface area contributed by atoms with Gasteiger partial charge in [0.2, 0.25) is 6.17 Å². The van der Waals surface area contributed by atoms with Crippen LogP contribution in [0.2, 0.25) is 0 Å². The van der Waals surface area contributed by atoms with Crippen LogP contribution in [0.4, 0.5) is 20.6 Å². The zero-order valence-electron chi connectivity index (χ0n) is 18.6. The monoisotopic (exact) mass is 455 g/mol. The lowest BCUT2D eigenvalue weighted by Gasteiger charge is -2.21. The Bertz CT molecular complexity index is 1460. The third-order valence-electron chi connectivity index (χ3n) is 5.88. The first kappa shape index (κ1) is 21.4. The SMILES string of the molecule is CN1C(=O)C(NC(=O)Nc2ccc3c(ccn3C)c2)N=C(c2ccccc2F)c2ccccc21. The average Bonchev–Trinajstić information content (AvgIpc) is 3.17. The largest absolute Gasteiger partial charge is 0.351 e. The van der Waals surface area contributed by atoms with Crippen LogP contribution < -0.4 is 15.5 Å². The van der Waals surface area contributed by atoms with Gasteiger partial charge in [-0.05, 0) is 42.5 Å². The molecular weight excluding hydrogens is 433 g/mol. The molecule has 4 aromatic rings. The number of anilines is 2. The van der Waals surface area contributed by atoms with Gasteiger partial charge >= 0.3 is 6.03 Å². The van der Waals surface area contributed by atoms with Crippen LogP contribution >= 0.6 is 0 Å². The number of para-hydroxylation sites is 1. The molecule has 0 bridgehead atoms. The second kappa shape index (κ2) is 8.47. The van der Waals surface area contributed by atoms with E-state index in [2.05, 4.69) is 15.6 Å². The van der Waals surface area contributed by atoms with Crippen molar-refractivity contribution in [1.29, 1.82) is 0 Å². The topological polar surface area (TPSA) is 78.7 Å². The quantitative estimate of drug-likeness (QED) is 0.484. The average molecular weight is 455 g/mol. The molecule has 1 aliphatic rings. The Hall–Kier alpha value is -4.46. The molecule has 7 nitrogen and oxygen atoms in total. The molecule has 1 aromatic heterocycles. The molecule has 0 fully saturated rings. The number of benzodiazepines with no additional fused rings is 1. The number of likely N-dealkylation sites (N-methyl/N-ethyl adjacent to an activating group) is 1. The van der Waals surface area contributed by atoms with Crippen molar-refractivity contribution in [3.63, 3.8) is 0 Å². The number of amides is 3. The molecule has 0 saturated carbocycles. The number of benzene rings is 3. The van der Waals surface area contributed by atoms with Crippen LogP contribution in [0.5, 0.6) is 0 Å². The number of carbonyl (C=O) groups is 2. The Balaban J connectivity index is 1.48. The summed E-state index contributed by atoms with van der Waals surface area (Å²) >= 11 is 0. The van der Waals surface area contributed by atoms with Crippen molar-refractivity contribution in [2.75, 3.05) is 17.3 Å². The number of urea groups is 1. The van der Waals surface area contributed by atoms with Gasteiger partial charge in [-0.15, -0.1) is 0 Å². The summed E-state index contributed by atoms with van der Waals surface area (Å²) in [5, 5.41) is 6.37. The van der Waals surface area contributed by atoms with Crippen molar-refractivity contribution in [3.8, 4) is 0 Å². The molecular formula is C26H22FN5O2. The molecule has 34 heavy (non-hydrogen) atoms. The van der Waals surface area contributed by atoms with E-state index in [0.29, 0.717) is 22.6 Å². The number of aromatic nitrogens is 1. The maximum absolute atomic E-state index is 14.7. The van der Waals surface area contributed by atoms with E-state index in [4.69, 9.17) is 0 Å². The Labute approximate surface area is 195 Å². The molecule has 3 amide bonds. The van der Waals surface area contributed by atoms with Gasteiger partial charge in [-0.1, -0.05) is 30.3 Å². The number of aliphatic imine (C=N–C) groups is 1. The summed E-state index contributed by atoms with van der Waals surface area (Å²) in [7, 11) is 3.55. The van der Waals surface area contributed by atoms with Gasteiger partial charge in [0, 0.05) is 48.0 Å². The molecule has 8 heteroatoms. The Kier molecular flexibility index (Phi) is 5.33. The van der Waals surface area contributed by atoms with E-state index >= 15 is 0 Å². The van der Waals surface area contributed by atoms with Gasteiger partial charge in [0.05, 0.1) is 11.4 Å². The smallest absolute Gasteiger partial charge is 0.321 e. The number of halogens is 1. The highest BCUT2D eigenvalue weighted by molar-refractivity contribution is 6.20.